The Labute approximate surface area is 167 Å². The summed E-state index contributed by atoms with van der Waals surface area (Å²) >= 11 is 0. The Morgan fingerprint density at radius 2 is 1.62 bits per heavy atom. The molecule has 0 aliphatic carbocycles. The zero-order chi connectivity index (χ0) is 21.1. The van der Waals surface area contributed by atoms with Crippen LogP contribution in [0, 0.1) is 17.5 Å². The van der Waals surface area contributed by atoms with E-state index in [-0.39, 0.29) is 11.5 Å². The molecule has 2 aromatic carbocycles. The second-order valence-corrected chi connectivity index (χ2v) is 7.18. The van der Waals surface area contributed by atoms with E-state index in [1.807, 2.05) is 12.1 Å². The lowest BCUT2D eigenvalue weighted by Gasteiger charge is -2.36. The van der Waals surface area contributed by atoms with Gasteiger partial charge in [0.15, 0.2) is 29.3 Å². The fourth-order valence-corrected chi connectivity index (χ4v) is 3.44. The van der Waals surface area contributed by atoms with Gasteiger partial charge in [-0.2, -0.15) is 0 Å². The van der Waals surface area contributed by atoms with Crippen LogP contribution < -0.4 is 15.1 Å². The van der Waals surface area contributed by atoms with Gasteiger partial charge in [-0.05, 0) is 50.2 Å². The Kier molecular flexibility index (Phi) is 6.22. The lowest BCUT2D eigenvalue weighted by molar-refractivity contribution is -0.914. The average molecular weight is 406 g/mol. The maximum atomic E-state index is 13.8. The van der Waals surface area contributed by atoms with Gasteiger partial charge in [0.25, 0.3) is 5.91 Å². The zero-order valence-corrected chi connectivity index (χ0v) is 16.3. The minimum Gasteiger partial charge on any atom is -0.360 e. The molecule has 1 amide bonds. The molecule has 154 valence electrons. The maximum Gasteiger partial charge on any atom is 0.282 e. The maximum absolute atomic E-state index is 13.8. The highest BCUT2D eigenvalue weighted by Gasteiger charge is 2.30. The number of carbonyl (C=O) groups is 2. The van der Waals surface area contributed by atoms with Crippen LogP contribution in [0.4, 0.5) is 24.5 Å². The Hall–Kier alpha value is -2.87. The van der Waals surface area contributed by atoms with Crippen molar-refractivity contribution in [3.05, 3.63) is 59.4 Å². The van der Waals surface area contributed by atoms with E-state index in [9.17, 15) is 22.8 Å². The Bertz CT molecular complexity index is 910. The first kappa shape index (κ1) is 20.9. The Morgan fingerprint density at radius 3 is 2.21 bits per heavy atom. The Morgan fingerprint density at radius 1 is 1.00 bits per heavy atom. The van der Waals surface area contributed by atoms with Gasteiger partial charge in [0.1, 0.15) is 0 Å². The molecule has 1 fully saturated rings. The van der Waals surface area contributed by atoms with Crippen LogP contribution in [-0.2, 0) is 4.79 Å². The molecule has 2 N–H and O–H groups in total. The summed E-state index contributed by atoms with van der Waals surface area (Å²) in [5.74, 6) is -4.74. The van der Waals surface area contributed by atoms with Crippen molar-refractivity contribution < 1.29 is 27.7 Å². The van der Waals surface area contributed by atoms with Gasteiger partial charge < -0.3 is 15.1 Å². The van der Waals surface area contributed by atoms with E-state index in [0.717, 1.165) is 22.7 Å². The molecule has 3 rings (SSSR count). The number of nitrogens with zero attached hydrogens (tertiary/aromatic N) is 1. The summed E-state index contributed by atoms with van der Waals surface area (Å²) in [6.07, 6.45) is 0. The first-order valence-corrected chi connectivity index (χ1v) is 9.43. The van der Waals surface area contributed by atoms with Gasteiger partial charge in [0.2, 0.25) is 0 Å². The fourth-order valence-electron chi connectivity index (χ4n) is 3.44. The van der Waals surface area contributed by atoms with Crippen LogP contribution in [0.1, 0.15) is 24.2 Å². The lowest BCUT2D eigenvalue weighted by atomic mass is 10.1. The predicted octanol–water partition coefficient (Wildman–Crippen LogP) is 2.04. The molecule has 1 aliphatic rings. The van der Waals surface area contributed by atoms with Gasteiger partial charge in [0.05, 0.1) is 31.9 Å². The van der Waals surface area contributed by atoms with Crippen LogP contribution in [0.15, 0.2) is 36.4 Å². The number of nitrogens with one attached hydrogen (secondary N) is 2. The molecule has 5 nitrogen and oxygen atoms in total. The molecular weight excluding hydrogens is 383 g/mol. The topological polar surface area (TPSA) is 53.9 Å². The van der Waals surface area contributed by atoms with Crippen molar-refractivity contribution >= 4 is 23.1 Å². The van der Waals surface area contributed by atoms with Crippen molar-refractivity contribution in [2.24, 2.45) is 0 Å². The first-order chi connectivity index (χ1) is 13.8. The first-order valence-electron chi connectivity index (χ1n) is 9.43. The quantitative estimate of drug-likeness (QED) is 0.590. The summed E-state index contributed by atoms with van der Waals surface area (Å²) in [5.41, 5.74) is 1.30. The molecule has 29 heavy (non-hydrogen) atoms. The molecule has 0 bridgehead atoms. The van der Waals surface area contributed by atoms with Gasteiger partial charge in [-0.1, -0.05) is 0 Å². The summed E-state index contributed by atoms with van der Waals surface area (Å²) in [4.78, 5) is 27.0. The molecule has 0 unspecified atom stereocenters. The largest absolute Gasteiger partial charge is 0.360 e. The summed E-state index contributed by atoms with van der Waals surface area (Å²) in [7, 11) is 0. The molecule has 8 heteroatoms. The van der Waals surface area contributed by atoms with Crippen molar-refractivity contribution in [1.29, 1.82) is 0 Å². The van der Waals surface area contributed by atoms with E-state index in [1.165, 1.54) is 6.92 Å². The fraction of sp³-hybridized carbons (Fsp3) is 0.333. The number of carbonyl (C=O) groups excluding carboxylic acids is 2. The van der Waals surface area contributed by atoms with Gasteiger partial charge in [-0.25, -0.2) is 13.2 Å². The van der Waals surface area contributed by atoms with Gasteiger partial charge in [0, 0.05) is 11.3 Å². The lowest BCUT2D eigenvalue weighted by Crippen LogP contribution is -3.19. The summed E-state index contributed by atoms with van der Waals surface area (Å²) in [5, 5.41) is 2.35. The number of Topliss-reactive ketones (excluding diaryl/α,β-unsaturated/α-hetero) is 1. The zero-order valence-electron chi connectivity index (χ0n) is 16.3. The number of halogens is 3. The number of rotatable bonds is 5. The van der Waals surface area contributed by atoms with Crippen molar-refractivity contribution in [3.63, 3.8) is 0 Å². The third kappa shape index (κ3) is 4.59. The Balaban J connectivity index is 1.58. The molecule has 1 aliphatic heterocycles. The van der Waals surface area contributed by atoms with Crippen molar-refractivity contribution in [2.75, 3.05) is 36.4 Å². The smallest absolute Gasteiger partial charge is 0.282 e. The highest BCUT2D eigenvalue weighted by atomic mass is 19.2. The van der Waals surface area contributed by atoms with Crippen molar-refractivity contribution in [1.82, 2.24) is 0 Å². The standard InChI is InChI=1S/C21H22F3N3O2/c1-13(21(29)25-18-8-7-17(22)19(23)20(18)24)26-9-11-27(12-10-26)16-5-3-15(4-6-16)14(2)28/h3-8,13H,9-12H2,1-2H3,(H,25,29)/p+1/t13-/m1/s1. The summed E-state index contributed by atoms with van der Waals surface area (Å²) in [6.45, 7) is 6.04. The molecule has 1 heterocycles. The van der Waals surface area contributed by atoms with Crippen LogP contribution >= 0.6 is 0 Å². The third-order valence-electron chi connectivity index (χ3n) is 5.34. The van der Waals surface area contributed by atoms with E-state index in [0.29, 0.717) is 31.7 Å². The van der Waals surface area contributed by atoms with E-state index >= 15 is 0 Å². The number of hydrogen-bond acceptors (Lipinski definition) is 3. The van der Waals surface area contributed by atoms with Crippen LogP contribution in [0.5, 0.6) is 0 Å². The second kappa shape index (κ2) is 8.65. The highest BCUT2D eigenvalue weighted by Crippen LogP contribution is 2.20. The second-order valence-electron chi connectivity index (χ2n) is 7.18. The predicted molar refractivity (Wildman–Crippen MR) is 104 cm³/mol. The minimum atomic E-state index is -1.60. The van der Waals surface area contributed by atoms with Crippen LogP contribution in [0.25, 0.3) is 0 Å². The molecule has 1 atom stereocenters. The molecule has 0 aromatic heterocycles. The number of piperazine rings is 1. The van der Waals surface area contributed by atoms with Crippen molar-refractivity contribution in [3.8, 4) is 0 Å². The van der Waals surface area contributed by atoms with E-state index in [1.54, 1.807) is 19.1 Å². The summed E-state index contributed by atoms with van der Waals surface area (Å²) < 4.78 is 40.2. The molecule has 0 radical (unpaired) electrons. The number of ketones is 1. The molecular formula is C21H23F3N3O2+. The molecule has 1 saturated heterocycles. The minimum absolute atomic E-state index is 0.0168. The van der Waals surface area contributed by atoms with E-state index in [4.69, 9.17) is 0 Å². The van der Waals surface area contributed by atoms with Gasteiger partial charge in [-0.15, -0.1) is 0 Å². The van der Waals surface area contributed by atoms with Gasteiger partial charge >= 0.3 is 0 Å². The van der Waals surface area contributed by atoms with E-state index < -0.39 is 29.4 Å². The number of hydrogen-bond donors (Lipinski definition) is 2. The SMILES string of the molecule is CC(=O)c1ccc(N2CC[NH+]([C@H](C)C(=O)Nc3ccc(F)c(F)c3F)CC2)cc1. The molecule has 0 saturated carbocycles. The normalized spacial score (nSPS) is 15.8. The van der Waals surface area contributed by atoms with Crippen LogP contribution in [0.3, 0.4) is 0 Å². The van der Waals surface area contributed by atoms with Crippen molar-refractivity contribution in [2.45, 2.75) is 19.9 Å². The number of benzene rings is 2. The highest BCUT2D eigenvalue weighted by molar-refractivity contribution is 5.94. The number of amides is 1. The average Bonchev–Trinajstić information content (AvgIpc) is 2.73. The number of anilines is 2. The van der Waals surface area contributed by atoms with E-state index in [2.05, 4.69) is 10.2 Å². The molecule has 2 aromatic rings. The van der Waals surface area contributed by atoms with Crippen LogP contribution in [0.2, 0.25) is 0 Å². The molecule has 0 spiro atoms. The third-order valence-corrected chi connectivity index (χ3v) is 5.34. The monoisotopic (exact) mass is 406 g/mol. The number of quaternary nitrogens is 1. The summed E-state index contributed by atoms with van der Waals surface area (Å²) in [6, 6.07) is 8.71. The van der Waals surface area contributed by atoms with Gasteiger partial charge in [-0.3, -0.25) is 9.59 Å². The van der Waals surface area contributed by atoms with Crippen LogP contribution in [-0.4, -0.2) is 43.9 Å².